The summed E-state index contributed by atoms with van der Waals surface area (Å²) in [5, 5.41) is 4.26. The third-order valence-electron chi connectivity index (χ3n) is 2.68. The molecule has 2 aromatic heterocycles. The Morgan fingerprint density at radius 3 is 2.78 bits per heavy atom. The normalized spacial score (nSPS) is 10.7. The Bertz CT molecular complexity index is 769. The maximum absolute atomic E-state index is 12.3. The minimum absolute atomic E-state index is 0.152. The van der Waals surface area contributed by atoms with Gasteiger partial charge in [-0.2, -0.15) is 11.3 Å². The van der Waals surface area contributed by atoms with Crippen LogP contribution in [0.2, 0.25) is 0 Å². The molecule has 0 fully saturated rings. The molecule has 0 aliphatic heterocycles. The van der Waals surface area contributed by atoms with Gasteiger partial charge in [-0.15, -0.1) is 0 Å². The van der Waals surface area contributed by atoms with Crippen molar-refractivity contribution < 1.29 is 9.21 Å². The summed E-state index contributed by atoms with van der Waals surface area (Å²) in [5.41, 5.74) is 0.909. The molecule has 0 atom stereocenters. The van der Waals surface area contributed by atoms with Crippen molar-refractivity contribution >= 4 is 28.1 Å². The van der Waals surface area contributed by atoms with E-state index in [0.717, 1.165) is 0 Å². The second-order valence-electron chi connectivity index (χ2n) is 3.82. The fraction of sp³-hybridized carbons (Fsp3) is 0. The van der Waals surface area contributed by atoms with Gasteiger partial charge in [-0.05, 0) is 17.5 Å². The molecule has 0 radical (unpaired) electrons. The first-order valence-corrected chi connectivity index (χ1v) is 6.30. The molecule has 2 heterocycles. The summed E-state index contributed by atoms with van der Waals surface area (Å²) in [7, 11) is 0. The minimum atomic E-state index is -0.507. The average Bonchev–Trinajstić information content (AvgIpc) is 2.90. The Balaban J connectivity index is 2.29. The van der Waals surface area contributed by atoms with Gasteiger partial charge in [0, 0.05) is 28.0 Å². The highest BCUT2D eigenvalue weighted by Crippen LogP contribution is 2.20. The van der Waals surface area contributed by atoms with Gasteiger partial charge in [0.1, 0.15) is 5.58 Å². The second kappa shape index (κ2) is 4.23. The SMILES string of the molecule is O=C(c1ccsc1)c1cc(=O)oc2ccccc12. The molecule has 0 saturated carbocycles. The van der Waals surface area contributed by atoms with Crippen LogP contribution < -0.4 is 5.63 Å². The molecule has 0 spiro atoms. The van der Waals surface area contributed by atoms with Crippen molar-refractivity contribution in [3.63, 3.8) is 0 Å². The minimum Gasteiger partial charge on any atom is -0.423 e. The van der Waals surface area contributed by atoms with Crippen molar-refractivity contribution in [2.45, 2.75) is 0 Å². The van der Waals surface area contributed by atoms with Gasteiger partial charge in [0.05, 0.1) is 0 Å². The summed E-state index contributed by atoms with van der Waals surface area (Å²) < 4.78 is 5.06. The molecule has 0 unspecified atom stereocenters. The lowest BCUT2D eigenvalue weighted by atomic mass is 10.0. The number of hydrogen-bond donors (Lipinski definition) is 0. The summed E-state index contributed by atoms with van der Waals surface area (Å²) in [6, 6.07) is 10.0. The first kappa shape index (κ1) is 10.9. The number of thiophene rings is 1. The second-order valence-corrected chi connectivity index (χ2v) is 4.60. The van der Waals surface area contributed by atoms with Crippen LogP contribution in [0.1, 0.15) is 15.9 Å². The molecule has 0 aliphatic carbocycles. The number of fused-ring (bicyclic) bond motifs is 1. The molecular weight excluding hydrogens is 248 g/mol. The Hall–Kier alpha value is -2.20. The monoisotopic (exact) mass is 256 g/mol. The highest BCUT2D eigenvalue weighted by Gasteiger charge is 2.14. The average molecular weight is 256 g/mol. The fourth-order valence-corrected chi connectivity index (χ4v) is 2.48. The molecule has 3 rings (SSSR count). The molecule has 3 nitrogen and oxygen atoms in total. The van der Waals surface area contributed by atoms with Crippen molar-refractivity contribution in [3.05, 3.63) is 68.7 Å². The molecule has 3 aromatic rings. The van der Waals surface area contributed by atoms with Crippen LogP contribution in [-0.4, -0.2) is 5.78 Å². The predicted molar refractivity (Wildman–Crippen MR) is 70.2 cm³/mol. The van der Waals surface area contributed by atoms with Crippen LogP contribution in [0, 0.1) is 0 Å². The molecule has 18 heavy (non-hydrogen) atoms. The van der Waals surface area contributed by atoms with Crippen molar-refractivity contribution in [2.24, 2.45) is 0 Å². The first-order valence-electron chi connectivity index (χ1n) is 5.35. The van der Waals surface area contributed by atoms with Crippen LogP contribution in [0.25, 0.3) is 11.0 Å². The maximum Gasteiger partial charge on any atom is 0.336 e. The van der Waals surface area contributed by atoms with Gasteiger partial charge in [0.25, 0.3) is 0 Å². The largest absolute Gasteiger partial charge is 0.423 e. The number of hydrogen-bond acceptors (Lipinski definition) is 4. The van der Waals surface area contributed by atoms with E-state index < -0.39 is 5.63 Å². The summed E-state index contributed by atoms with van der Waals surface area (Å²) in [4.78, 5) is 23.8. The summed E-state index contributed by atoms with van der Waals surface area (Å²) in [6.45, 7) is 0. The van der Waals surface area contributed by atoms with Gasteiger partial charge >= 0.3 is 5.63 Å². The molecule has 1 aromatic carbocycles. The fourth-order valence-electron chi connectivity index (χ4n) is 1.85. The van der Waals surface area contributed by atoms with Crippen LogP contribution >= 0.6 is 11.3 Å². The van der Waals surface area contributed by atoms with E-state index in [9.17, 15) is 9.59 Å². The Labute approximate surface area is 106 Å². The topological polar surface area (TPSA) is 47.3 Å². The number of carbonyl (C=O) groups excluding carboxylic acids is 1. The summed E-state index contributed by atoms with van der Waals surface area (Å²) in [5.74, 6) is -0.152. The highest BCUT2D eigenvalue weighted by molar-refractivity contribution is 7.08. The van der Waals surface area contributed by atoms with Crippen LogP contribution in [0.15, 0.2) is 56.4 Å². The lowest BCUT2D eigenvalue weighted by Gasteiger charge is -2.02. The Morgan fingerprint density at radius 2 is 2.00 bits per heavy atom. The van der Waals surface area contributed by atoms with E-state index >= 15 is 0 Å². The highest BCUT2D eigenvalue weighted by atomic mass is 32.1. The number of para-hydroxylation sites is 1. The molecule has 0 amide bonds. The molecule has 4 heteroatoms. The molecule has 0 saturated heterocycles. The van der Waals surface area contributed by atoms with E-state index in [-0.39, 0.29) is 5.78 Å². The van der Waals surface area contributed by atoms with Crippen molar-refractivity contribution in [1.29, 1.82) is 0 Å². The van der Waals surface area contributed by atoms with Crippen LogP contribution in [0.3, 0.4) is 0 Å². The lowest BCUT2D eigenvalue weighted by molar-refractivity contribution is 0.104. The predicted octanol–water partition coefficient (Wildman–Crippen LogP) is 3.09. The quantitative estimate of drug-likeness (QED) is 0.523. The number of carbonyl (C=O) groups is 1. The summed E-state index contributed by atoms with van der Waals surface area (Å²) >= 11 is 1.45. The lowest BCUT2D eigenvalue weighted by Crippen LogP contribution is -2.07. The zero-order chi connectivity index (χ0) is 12.5. The van der Waals surface area contributed by atoms with E-state index in [2.05, 4.69) is 0 Å². The molecule has 88 valence electrons. The van der Waals surface area contributed by atoms with Gasteiger partial charge in [0.2, 0.25) is 0 Å². The van der Waals surface area contributed by atoms with Gasteiger partial charge in [-0.3, -0.25) is 4.79 Å². The van der Waals surface area contributed by atoms with Gasteiger partial charge in [-0.1, -0.05) is 18.2 Å². The van der Waals surface area contributed by atoms with E-state index in [0.29, 0.717) is 22.1 Å². The number of ketones is 1. The van der Waals surface area contributed by atoms with E-state index in [1.165, 1.54) is 17.4 Å². The smallest absolute Gasteiger partial charge is 0.336 e. The van der Waals surface area contributed by atoms with Gasteiger partial charge in [-0.25, -0.2) is 4.79 Å². The van der Waals surface area contributed by atoms with E-state index in [4.69, 9.17) is 4.42 Å². The maximum atomic E-state index is 12.3. The van der Waals surface area contributed by atoms with Crippen molar-refractivity contribution in [1.82, 2.24) is 0 Å². The number of benzene rings is 1. The molecule has 0 N–H and O–H groups in total. The third kappa shape index (κ3) is 1.76. The van der Waals surface area contributed by atoms with Crippen molar-refractivity contribution in [3.8, 4) is 0 Å². The summed E-state index contributed by atoms with van der Waals surface area (Å²) in [6.07, 6.45) is 0. The zero-order valence-corrected chi connectivity index (χ0v) is 10.1. The Kier molecular flexibility index (Phi) is 2.57. The van der Waals surface area contributed by atoms with E-state index in [1.807, 2.05) is 11.4 Å². The van der Waals surface area contributed by atoms with Crippen LogP contribution in [0.5, 0.6) is 0 Å². The van der Waals surface area contributed by atoms with Crippen LogP contribution in [0.4, 0.5) is 0 Å². The zero-order valence-electron chi connectivity index (χ0n) is 9.25. The molecular formula is C14H8O3S. The van der Waals surface area contributed by atoms with Crippen LogP contribution in [-0.2, 0) is 0 Å². The molecule has 0 bridgehead atoms. The Morgan fingerprint density at radius 1 is 1.17 bits per heavy atom. The van der Waals surface area contributed by atoms with Gasteiger partial charge in [0.15, 0.2) is 5.78 Å². The molecule has 0 aliphatic rings. The van der Waals surface area contributed by atoms with Crippen molar-refractivity contribution in [2.75, 3.05) is 0 Å². The number of rotatable bonds is 2. The third-order valence-corrected chi connectivity index (χ3v) is 3.36. The van der Waals surface area contributed by atoms with E-state index in [1.54, 1.807) is 29.6 Å². The van der Waals surface area contributed by atoms with Gasteiger partial charge < -0.3 is 4.42 Å². The standard InChI is InChI=1S/C14H8O3S/c15-13-7-11(14(16)9-5-6-18-8-9)10-3-1-2-4-12(10)17-13/h1-8H. The first-order chi connectivity index (χ1) is 8.75.